The summed E-state index contributed by atoms with van der Waals surface area (Å²) in [6.45, 7) is 0.597. The van der Waals surface area contributed by atoms with E-state index < -0.39 is 0 Å². The second-order valence-corrected chi connectivity index (χ2v) is 3.87. The van der Waals surface area contributed by atoms with Crippen LogP contribution in [0.5, 0.6) is 5.75 Å². The lowest BCUT2D eigenvalue weighted by Crippen LogP contribution is -2.12. The summed E-state index contributed by atoms with van der Waals surface area (Å²) in [7, 11) is 0. The molecule has 0 aromatic heterocycles. The fourth-order valence-electron chi connectivity index (χ4n) is 1.55. The topological polar surface area (TPSA) is 58.0 Å². The van der Waals surface area contributed by atoms with E-state index in [-0.39, 0.29) is 6.04 Å². The summed E-state index contributed by atoms with van der Waals surface area (Å²) < 4.78 is 6.41. The van der Waals surface area contributed by atoms with Gasteiger partial charge in [0, 0.05) is 10.5 Å². The number of halogens is 1. The van der Waals surface area contributed by atoms with Gasteiger partial charge in [0.1, 0.15) is 5.75 Å². The molecule has 0 spiro atoms. The van der Waals surface area contributed by atoms with Gasteiger partial charge in [0.25, 0.3) is 0 Å². The van der Waals surface area contributed by atoms with Crippen molar-refractivity contribution in [2.45, 2.75) is 12.5 Å². The van der Waals surface area contributed by atoms with E-state index in [2.05, 4.69) is 26.0 Å². The molecule has 1 aliphatic heterocycles. The van der Waals surface area contributed by atoms with Gasteiger partial charge in [-0.2, -0.15) is 0 Å². The van der Waals surface area contributed by atoms with Crippen LogP contribution in [0.25, 0.3) is 10.4 Å². The molecule has 72 valence electrons. The SMILES string of the molecule is [N-]=[N+]=NC1CCOc2c(Br)cccc21. The zero-order valence-electron chi connectivity index (χ0n) is 7.35. The highest BCUT2D eigenvalue weighted by atomic mass is 79.9. The van der Waals surface area contributed by atoms with Gasteiger partial charge in [0.05, 0.1) is 17.1 Å². The van der Waals surface area contributed by atoms with Gasteiger partial charge in [-0.15, -0.1) is 0 Å². The van der Waals surface area contributed by atoms with Crippen molar-refractivity contribution in [3.05, 3.63) is 38.7 Å². The van der Waals surface area contributed by atoms with E-state index in [0.29, 0.717) is 6.61 Å². The largest absolute Gasteiger partial charge is 0.492 e. The smallest absolute Gasteiger partial charge is 0.137 e. The number of ether oxygens (including phenoxy) is 1. The van der Waals surface area contributed by atoms with Gasteiger partial charge in [0.2, 0.25) is 0 Å². The van der Waals surface area contributed by atoms with Crippen molar-refractivity contribution >= 4 is 15.9 Å². The van der Waals surface area contributed by atoms with Crippen LogP contribution in [0.15, 0.2) is 27.8 Å². The number of fused-ring (bicyclic) bond motifs is 1. The summed E-state index contributed by atoms with van der Waals surface area (Å²) in [6.07, 6.45) is 0.744. The third-order valence-electron chi connectivity index (χ3n) is 2.19. The average molecular weight is 254 g/mol. The minimum atomic E-state index is -0.0961. The van der Waals surface area contributed by atoms with Crippen molar-refractivity contribution in [1.29, 1.82) is 0 Å². The first-order valence-electron chi connectivity index (χ1n) is 4.28. The molecule has 1 aromatic rings. The van der Waals surface area contributed by atoms with E-state index in [1.165, 1.54) is 0 Å². The van der Waals surface area contributed by atoms with E-state index >= 15 is 0 Å². The first-order valence-corrected chi connectivity index (χ1v) is 5.07. The van der Waals surface area contributed by atoms with Crippen LogP contribution < -0.4 is 4.74 Å². The molecule has 0 saturated carbocycles. The average Bonchev–Trinajstić information content (AvgIpc) is 2.20. The molecule has 0 fully saturated rings. The van der Waals surface area contributed by atoms with E-state index in [1.807, 2.05) is 18.2 Å². The quantitative estimate of drug-likeness (QED) is 0.429. The summed E-state index contributed by atoms with van der Waals surface area (Å²) in [5.74, 6) is 0.802. The first kappa shape index (κ1) is 9.37. The Morgan fingerprint density at radius 2 is 2.43 bits per heavy atom. The van der Waals surface area contributed by atoms with Crippen LogP contribution in [0.3, 0.4) is 0 Å². The molecule has 0 amide bonds. The number of nitrogens with zero attached hydrogens (tertiary/aromatic N) is 3. The van der Waals surface area contributed by atoms with Crippen molar-refractivity contribution in [2.24, 2.45) is 5.11 Å². The Hall–Kier alpha value is -1.19. The van der Waals surface area contributed by atoms with Gasteiger partial charge in [-0.05, 0) is 33.9 Å². The van der Waals surface area contributed by atoms with Gasteiger partial charge >= 0.3 is 0 Å². The molecule has 1 aromatic carbocycles. The minimum Gasteiger partial charge on any atom is -0.492 e. The third-order valence-corrected chi connectivity index (χ3v) is 2.81. The molecule has 0 radical (unpaired) electrons. The maximum absolute atomic E-state index is 8.42. The number of hydrogen-bond donors (Lipinski definition) is 0. The number of hydrogen-bond acceptors (Lipinski definition) is 2. The number of para-hydroxylation sites is 1. The molecule has 0 bridgehead atoms. The zero-order chi connectivity index (χ0) is 9.97. The summed E-state index contributed by atoms with van der Waals surface area (Å²) in [5.41, 5.74) is 9.38. The van der Waals surface area contributed by atoms with E-state index in [4.69, 9.17) is 10.3 Å². The molecular weight excluding hydrogens is 246 g/mol. The second kappa shape index (κ2) is 3.90. The van der Waals surface area contributed by atoms with Gasteiger partial charge in [-0.3, -0.25) is 0 Å². The Kier molecular flexibility index (Phi) is 2.61. The van der Waals surface area contributed by atoms with Crippen LogP contribution in [-0.4, -0.2) is 6.61 Å². The lowest BCUT2D eigenvalue weighted by molar-refractivity contribution is 0.267. The fourth-order valence-corrected chi connectivity index (χ4v) is 2.05. The molecule has 14 heavy (non-hydrogen) atoms. The van der Waals surface area contributed by atoms with Crippen molar-refractivity contribution in [1.82, 2.24) is 0 Å². The summed E-state index contributed by atoms with van der Waals surface area (Å²) in [6, 6.07) is 5.66. The lowest BCUT2D eigenvalue weighted by Gasteiger charge is -2.23. The van der Waals surface area contributed by atoms with Gasteiger partial charge < -0.3 is 4.74 Å². The monoisotopic (exact) mass is 253 g/mol. The molecular formula is C9H8BrN3O. The Labute approximate surface area is 89.6 Å². The van der Waals surface area contributed by atoms with Crippen molar-refractivity contribution in [3.8, 4) is 5.75 Å². The van der Waals surface area contributed by atoms with Gasteiger partial charge in [0.15, 0.2) is 0 Å². The van der Waals surface area contributed by atoms with Crippen molar-refractivity contribution in [2.75, 3.05) is 6.61 Å². The van der Waals surface area contributed by atoms with E-state index in [0.717, 1.165) is 22.2 Å². The summed E-state index contributed by atoms with van der Waals surface area (Å²) in [5, 5.41) is 3.75. The number of rotatable bonds is 1. The van der Waals surface area contributed by atoms with Crippen LogP contribution >= 0.6 is 15.9 Å². The van der Waals surface area contributed by atoms with Gasteiger partial charge in [-0.1, -0.05) is 17.2 Å². The van der Waals surface area contributed by atoms with Crippen LogP contribution in [0.2, 0.25) is 0 Å². The molecule has 1 aliphatic rings. The minimum absolute atomic E-state index is 0.0961. The molecule has 0 N–H and O–H groups in total. The molecule has 4 nitrogen and oxygen atoms in total. The molecule has 2 rings (SSSR count). The zero-order valence-corrected chi connectivity index (χ0v) is 8.94. The van der Waals surface area contributed by atoms with Crippen LogP contribution in [0, 0.1) is 0 Å². The Balaban J connectivity index is 2.49. The predicted octanol–water partition coefficient (Wildman–Crippen LogP) is 3.58. The maximum Gasteiger partial charge on any atom is 0.137 e. The van der Waals surface area contributed by atoms with Crippen molar-refractivity contribution < 1.29 is 4.74 Å². The van der Waals surface area contributed by atoms with Crippen molar-refractivity contribution in [3.63, 3.8) is 0 Å². The predicted molar refractivity (Wildman–Crippen MR) is 56.1 cm³/mol. The highest BCUT2D eigenvalue weighted by Gasteiger charge is 2.21. The first-order chi connectivity index (χ1) is 6.83. The van der Waals surface area contributed by atoms with Crippen LogP contribution in [0.4, 0.5) is 0 Å². The van der Waals surface area contributed by atoms with E-state index in [1.54, 1.807) is 0 Å². The molecule has 0 aliphatic carbocycles. The van der Waals surface area contributed by atoms with Gasteiger partial charge in [-0.25, -0.2) is 0 Å². The fraction of sp³-hybridized carbons (Fsp3) is 0.333. The number of benzene rings is 1. The molecule has 5 heteroatoms. The molecule has 1 unspecified atom stereocenters. The standard InChI is InChI=1S/C9H8BrN3O/c10-7-3-1-2-6-8(12-13-11)4-5-14-9(6)7/h1-3,8H,4-5H2. The molecule has 0 saturated heterocycles. The highest BCUT2D eigenvalue weighted by Crippen LogP contribution is 2.39. The Bertz CT molecular complexity index is 401. The molecule has 1 atom stereocenters. The third kappa shape index (κ3) is 1.56. The van der Waals surface area contributed by atoms with Crippen LogP contribution in [0.1, 0.15) is 18.0 Å². The molecule has 1 heterocycles. The normalized spacial score (nSPS) is 19.1. The van der Waals surface area contributed by atoms with E-state index in [9.17, 15) is 0 Å². The highest BCUT2D eigenvalue weighted by molar-refractivity contribution is 9.10. The second-order valence-electron chi connectivity index (χ2n) is 3.02. The Morgan fingerprint density at radius 1 is 1.57 bits per heavy atom. The summed E-state index contributed by atoms with van der Waals surface area (Å²) in [4.78, 5) is 2.84. The maximum atomic E-state index is 8.42. The number of azide groups is 1. The van der Waals surface area contributed by atoms with Crippen LogP contribution in [-0.2, 0) is 0 Å². The summed E-state index contributed by atoms with van der Waals surface area (Å²) >= 11 is 3.40. The Morgan fingerprint density at radius 3 is 3.21 bits per heavy atom. The lowest BCUT2D eigenvalue weighted by atomic mass is 10.0.